The summed E-state index contributed by atoms with van der Waals surface area (Å²) in [4.78, 5) is 0. The second-order valence-corrected chi connectivity index (χ2v) is 8.94. The average Bonchev–Trinajstić information content (AvgIpc) is 2.80. The molecule has 5 aromatic carbocycles. The molecule has 5 rings (SSSR count). The Hall–Kier alpha value is -2.60. The summed E-state index contributed by atoms with van der Waals surface area (Å²) < 4.78 is 0. The molecule has 0 aliphatic rings. The number of fused-ring (bicyclic) bond motifs is 3. The Kier molecular flexibility index (Phi) is 5.58. The predicted octanol–water partition coefficient (Wildman–Crippen LogP) is 9.42. The van der Waals surface area contributed by atoms with Gasteiger partial charge in [0.15, 0.2) is 0 Å². The summed E-state index contributed by atoms with van der Waals surface area (Å²) in [6.07, 6.45) is 12.2. The van der Waals surface area contributed by atoms with E-state index in [0.29, 0.717) is 0 Å². The molecule has 0 nitrogen and oxygen atoms in total. The molecule has 0 bridgehead atoms. The Labute approximate surface area is 180 Å². The Bertz CT molecular complexity index is 1280. The van der Waals surface area contributed by atoms with Gasteiger partial charge in [0.1, 0.15) is 0 Å². The molecule has 0 heterocycles. The predicted molar refractivity (Wildman–Crippen MR) is 134 cm³/mol. The van der Waals surface area contributed by atoms with Crippen molar-refractivity contribution in [3.8, 4) is 0 Å². The number of benzene rings is 5. The van der Waals surface area contributed by atoms with Gasteiger partial charge < -0.3 is 0 Å². The van der Waals surface area contributed by atoms with Crippen LogP contribution in [0.5, 0.6) is 0 Å². The van der Waals surface area contributed by atoms with Gasteiger partial charge in [-0.1, -0.05) is 119 Å². The van der Waals surface area contributed by atoms with Crippen molar-refractivity contribution in [2.75, 3.05) is 0 Å². The molecule has 0 aliphatic heterocycles. The van der Waals surface area contributed by atoms with E-state index in [4.69, 9.17) is 0 Å². The van der Waals surface area contributed by atoms with Crippen molar-refractivity contribution >= 4 is 43.1 Å². The first kappa shape index (κ1) is 19.4. The quantitative estimate of drug-likeness (QED) is 0.133. The van der Waals surface area contributed by atoms with Gasteiger partial charge in [0, 0.05) is 0 Å². The lowest BCUT2D eigenvalue weighted by Gasteiger charge is -2.17. The van der Waals surface area contributed by atoms with E-state index in [1.807, 2.05) is 0 Å². The molecule has 0 spiro atoms. The fourth-order valence-corrected chi connectivity index (χ4v) is 5.36. The molecule has 0 atom stereocenters. The largest absolute Gasteiger partial charge is 0.0654 e. The van der Waals surface area contributed by atoms with E-state index >= 15 is 0 Å². The summed E-state index contributed by atoms with van der Waals surface area (Å²) in [5.41, 5.74) is 1.53. The molecular weight excluding hydrogens is 360 g/mol. The first-order valence-electron chi connectivity index (χ1n) is 12.0. The SMILES string of the molecule is CCCCCCCCCCc1ccc2ccc3cccc4c5ccccc5c1c2c34. The van der Waals surface area contributed by atoms with Crippen LogP contribution in [-0.4, -0.2) is 0 Å². The first-order valence-corrected chi connectivity index (χ1v) is 12.0. The zero-order valence-electron chi connectivity index (χ0n) is 18.2. The van der Waals surface area contributed by atoms with Gasteiger partial charge in [-0.2, -0.15) is 0 Å². The second-order valence-electron chi connectivity index (χ2n) is 8.94. The highest BCUT2D eigenvalue weighted by Gasteiger charge is 2.15. The van der Waals surface area contributed by atoms with E-state index in [0.717, 1.165) is 0 Å². The zero-order valence-corrected chi connectivity index (χ0v) is 18.2. The average molecular weight is 393 g/mol. The van der Waals surface area contributed by atoms with Crippen LogP contribution in [0.4, 0.5) is 0 Å². The van der Waals surface area contributed by atoms with Gasteiger partial charge in [0.05, 0.1) is 0 Å². The molecule has 0 heteroatoms. The lowest BCUT2D eigenvalue weighted by atomic mass is 9.86. The summed E-state index contributed by atoms with van der Waals surface area (Å²) >= 11 is 0. The van der Waals surface area contributed by atoms with Crippen molar-refractivity contribution in [2.24, 2.45) is 0 Å². The van der Waals surface area contributed by atoms with Crippen molar-refractivity contribution in [3.05, 3.63) is 72.3 Å². The van der Waals surface area contributed by atoms with Gasteiger partial charge in [-0.25, -0.2) is 0 Å². The summed E-state index contributed by atoms with van der Waals surface area (Å²) in [5.74, 6) is 0. The number of hydrogen-bond acceptors (Lipinski definition) is 0. The molecule has 0 saturated heterocycles. The molecular formula is C30H32. The highest BCUT2D eigenvalue weighted by molar-refractivity contribution is 6.34. The summed E-state index contributed by atoms with van der Waals surface area (Å²) in [6.45, 7) is 2.29. The molecule has 152 valence electrons. The van der Waals surface area contributed by atoms with Crippen LogP contribution in [0.25, 0.3) is 43.1 Å². The molecule has 30 heavy (non-hydrogen) atoms. The summed E-state index contributed by atoms with van der Waals surface area (Å²) in [6, 6.07) is 25.1. The van der Waals surface area contributed by atoms with Crippen molar-refractivity contribution < 1.29 is 0 Å². The topological polar surface area (TPSA) is 0 Å². The number of hydrogen-bond donors (Lipinski definition) is 0. The van der Waals surface area contributed by atoms with Crippen LogP contribution in [0.3, 0.4) is 0 Å². The third kappa shape index (κ3) is 3.43. The Balaban J connectivity index is 1.51. The highest BCUT2D eigenvalue weighted by Crippen LogP contribution is 2.42. The lowest BCUT2D eigenvalue weighted by molar-refractivity contribution is 0.576. The van der Waals surface area contributed by atoms with Gasteiger partial charge in [-0.3, -0.25) is 0 Å². The van der Waals surface area contributed by atoms with E-state index in [2.05, 4.69) is 73.7 Å². The maximum Gasteiger partial charge on any atom is -0.00176 e. The van der Waals surface area contributed by atoms with Crippen molar-refractivity contribution in [1.29, 1.82) is 0 Å². The van der Waals surface area contributed by atoms with E-state index in [9.17, 15) is 0 Å². The van der Waals surface area contributed by atoms with Crippen molar-refractivity contribution in [3.63, 3.8) is 0 Å². The molecule has 0 aromatic heterocycles. The van der Waals surface area contributed by atoms with Crippen LogP contribution in [0.15, 0.2) is 66.7 Å². The minimum absolute atomic E-state index is 1.19. The fourth-order valence-electron chi connectivity index (χ4n) is 5.36. The summed E-state index contributed by atoms with van der Waals surface area (Å²) in [5, 5.41) is 11.4. The fraction of sp³-hybridized carbons (Fsp3) is 0.333. The van der Waals surface area contributed by atoms with Gasteiger partial charge >= 0.3 is 0 Å². The first-order chi connectivity index (χ1) is 14.9. The molecule has 0 radical (unpaired) electrons. The Morgan fingerprint density at radius 2 is 1.07 bits per heavy atom. The maximum atomic E-state index is 2.40. The van der Waals surface area contributed by atoms with Crippen LogP contribution >= 0.6 is 0 Å². The molecule has 5 aromatic rings. The Morgan fingerprint density at radius 3 is 1.87 bits per heavy atom. The zero-order chi connectivity index (χ0) is 20.3. The third-order valence-electron chi connectivity index (χ3n) is 6.90. The number of unbranched alkanes of at least 4 members (excludes halogenated alkanes) is 7. The second kappa shape index (κ2) is 8.64. The van der Waals surface area contributed by atoms with Gasteiger partial charge in [-0.05, 0) is 61.5 Å². The van der Waals surface area contributed by atoms with Crippen LogP contribution in [-0.2, 0) is 6.42 Å². The Morgan fingerprint density at radius 1 is 0.467 bits per heavy atom. The van der Waals surface area contributed by atoms with Crippen LogP contribution in [0.2, 0.25) is 0 Å². The maximum absolute atomic E-state index is 2.40. The highest BCUT2D eigenvalue weighted by atomic mass is 14.2. The molecule has 0 unspecified atom stereocenters. The molecule has 0 N–H and O–H groups in total. The summed E-state index contributed by atoms with van der Waals surface area (Å²) in [7, 11) is 0. The molecule has 0 fully saturated rings. The minimum atomic E-state index is 1.19. The monoisotopic (exact) mass is 392 g/mol. The van der Waals surface area contributed by atoms with E-state index < -0.39 is 0 Å². The standard InChI is InChI=1S/C30H32/c1-2-3-4-5-6-7-8-9-13-22-18-20-24-21-19-23-14-12-17-27-25-15-10-11-16-26(25)28(22)30(24)29(23)27/h10-12,14-21H,2-9,13H2,1H3. The molecule has 0 saturated carbocycles. The van der Waals surface area contributed by atoms with Gasteiger partial charge in [0.2, 0.25) is 0 Å². The van der Waals surface area contributed by atoms with Crippen molar-refractivity contribution in [1.82, 2.24) is 0 Å². The van der Waals surface area contributed by atoms with Crippen LogP contribution in [0.1, 0.15) is 63.9 Å². The van der Waals surface area contributed by atoms with Crippen LogP contribution in [0, 0.1) is 0 Å². The van der Waals surface area contributed by atoms with E-state index in [1.54, 1.807) is 0 Å². The van der Waals surface area contributed by atoms with Gasteiger partial charge in [-0.15, -0.1) is 0 Å². The normalized spacial score (nSPS) is 12.0. The van der Waals surface area contributed by atoms with Gasteiger partial charge in [0.25, 0.3) is 0 Å². The van der Waals surface area contributed by atoms with Crippen LogP contribution < -0.4 is 0 Å². The van der Waals surface area contributed by atoms with E-state index in [1.165, 1.54) is 106 Å². The van der Waals surface area contributed by atoms with E-state index in [-0.39, 0.29) is 0 Å². The molecule has 0 amide bonds. The molecule has 0 aliphatic carbocycles. The lowest BCUT2D eigenvalue weighted by Crippen LogP contribution is -1.93. The number of rotatable bonds is 9. The third-order valence-corrected chi connectivity index (χ3v) is 6.90. The smallest absolute Gasteiger partial charge is 0.00176 e. The minimum Gasteiger partial charge on any atom is -0.0654 e. The number of aryl methyl sites for hydroxylation is 1. The van der Waals surface area contributed by atoms with Crippen molar-refractivity contribution in [2.45, 2.75) is 64.7 Å².